The van der Waals surface area contributed by atoms with Gasteiger partial charge in [-0.3, -0.25) is 4.79 Å². The van der Waals surface area contributed by atoms with Crippen molar-refractivity contribution in [1.29, 1.82) is 0 Å². The molecule has 0 radical (unpaired) electrons. The van der Waals surface area contributed by atoms with E-state index in [-0.39, 0.29) is 24.3 Å². The smallest absolute Gasteiger partial charge is 0.460 e. The van der Waals surface area contributed by atoms with E-state index in [2.05, 4.69) is 6.92 Å². The summed E-state index contributed by atoms with van der Waals surface area (Å²) < 4.78 is 95.4. The summed E-state index contributed by atoms with van der Waals surface area (Å²) in [5, 5.41) is 0. The van der Waals surface area contributed by atoms with E-state index < -0.39 is 42.5 Å². The molecule has 1 aliphatic heterocycles. The van der Waals surface area contributed by atoms with Crippen molar-refractivity contribution < 1.29 is 45.1 Å². The van der Waals surface area contributed by atoms with Crippen molar-refractivity contribution >= 4 is 11.9 Å². The van der Waals surface area contributed by atoms with Crippen LogP contribution < -0.4 is 0 Å². The highest BCUT2D eigenvalue weighted by atomic mass is 19.4. The lowest BCUT2D eigenvalue weighted by Gasteiger charge is -2.32. The molecule has 1 aliphatic rings. The Balaban J connectivity index is 2.53. The van der Waals surface area contributed by atoms with E-state index in [1.807, 2.05) is 0 Å². The molecule has 1 atom stereocenters. The van der Waals surface area contributed by atoms with Crippen LogP contribution in [0, 0.1) is 0 Å². The molecule has 4 nitrogen and oxygen atoms in total. The second-order valence-electron chi connectivity index (χ2n) is 7.45. The minimum atomic E-state index is -6.61. The van der Waals surface area contributed by atoms with Crippen molar-refractivity contribution in [2.45, 2.75) is 95.2 Å². The van der Waals surface area contributed by atoms with E-state index in [1.54, 1.807) is 0 Å². The standard InChI is InChI=1S/C19H28F7NO3/c1-2-3-4-5-6-7-8-9-13-30-15(28)14-11-10-12-27(14)16(29)17(20,21)18(22,23)19(24,25)26/h14H,2-13H2,1H3. The number of carbonyl (C=O) groups is 2. The van der Waals surface area contributed by atoms with Crippen LogP contribution in [0.3, 0.4) is 0 Å². The highest BCUT2D eigenvalue weighted by Crippen LogP contribution is 2.47. The summed E-state index contributed by atoms with van der Waals surface area (Å²) in [6, 6.07) is -1.60. The second kappa shape index (κ2) is 11.2. The molecule has 0 N–H and O–H groups in total. The van der Waals surface area contributed by atoms with E-state index in [0.29, 0.717) is 6.42 Å². The molecular formula is C19H28F7NO3. The second-order valence-corrected chi connectivity index (χ2v) is 7.45. The van der Waals surface area contributed by atoms with Crippen LogP contribution in [0.4, 0.5) is 30.7 Å². The molecular weight excluding hydrogens is 423 g/mol. The maximum atomic E-state index is 13.7. The Labute approximate surface area is 171 Å². The topological polar surface area (TPSA) is 46.6 Å². The van der Waals surface area contributed by atoms with Gasteiger partial charge < -0.3 is 9.64 Å². The molecule has 1 saturated heterocycles. The quantitative estimate of drug-likeness (QED) is 0.224. The third-order valence-electron chi connectivity index (χ3n) is 5.05. The van der Waals surface area contributed by atoms with E-state index in [0.717, 1.165) is 38.5 Å². The van der Waals surface area contributed by atoms with Crippen LogP contribution in [0.25, 0.3) is 0 Å². The molecule has 176 valence electrons. The number of halogens is 7. The molecule has 1 amide bonds. The number of amides is 1. The van der Waals surface area contributed by atoms with Crippen molar-refractivity contribution in [2.75, 3.05) is 13.2 Å². The van der Waals surface area contributed by atoms with Crippen LogP contribution in [-0.2, 0) is 14.3 Å². The molecule has 0 bridgehead atoms. The first-order valence-corrected chi connectivity index (χ1v) is 10.2. The summed E-state index contributed by atoms with van der Waals surface area (Å²) in [5.41, 5.74) is 0. The van der Waals surface area contributed by atoms with Gasteiger partial charge in [0, 0.05) is 6.54 Å². The van der Waals surface area contributed by atoms with Crippen LogP contribution in [-0.4, -0.2) is 54.0 Å². The number of hydrogen-bond acceptors (Lipinski definition) is 3. The first-order chi connectivity index (χ1) is 13.9. The van der Waals surface area contributed by atoms with E-state index in [1.165, 1.54) is 6.42 Å². The lowest BCUT2D eigenvalue weighted by atomic mass is 10.1. The first kappa shape index (κ1) is 26.5. The van der Waals surface area contributed by atoms with Gasteiger partial charge in [-0.2, -0.15) is 30.7 Å². The van der Waals surface area contributed by atoms with Gasteiger partial charge in [0.05, 0.1) is 6.61 Å². The number of nitrogens with zero attached hydrogens (tertiary/aromatic N) is 1. The van der Waals surface area contributed by atoms with Crippen LogP contribution in [0.15, 0.2) is 0 Å². The van der Waals surface area contributed by atoms with Gasteiger partial charge in [-0.15, -0.1) is 0 Å². The maximum Gasteiger partial charge on any atom is 0.460 e. The van der Waals surface area contributed by atoms with Gasteiger partial charge in [-0.1, -0.05) is 51.9 Å². The highest BCUT2D eigenvalue weighted by Gasteiger charge is 2.77. The fraction of sp³-hybridized carbons (Fsp3) is 0.895. The van der Waals surface area contributed by atoms with E-state index in [9.17, 15) is 40.3 Å². The lowest BCUT2D eigenvalue weighted by molar-refractivity contribution is -0.346. The Kier molecular flexibility index (Phi) is 9.87. The summed E-state index contributed by atoms with van der Waals surface area (Å²) in [4.78, 5) is 23.9. The predicted octanol–water partition coefficient (Wildman–Crippen LogP) is 5.49. The fourth-order valence-corrected chi connectivity index (χ4v) is 3.25. The zero-order valence-corrected chi connectivity index (χ0v) is 16.9. The number of esters is 1. The largest absolute Gasteiger partial charge is 0.464 e. The van der Waals surface area contributed by atoms with Gasteiger partial charge >= 0.3 is 29.9 Å². The number of ether oxygens (including phenoxy) is 1. The Morgan fingerprint density at radius 1 is 0.900 bits per heavy atom. The molecule has 0 spiro atoms. The Hall–Kier alpha value is -1.55. The van der Waals surface area contributed by atoms with Gasteiger partial charge in [-0.25, -0.2) is 4.79 Å². The van der Waals surface area contributed by atoms with Gasteiger partial charge in [0.1, 0.15) is 6.04 Å². The molecule has 1 heterocycles. The molecule has 1 fully saturated rings. The van der Waals surface area contributed by atoms with E-state index >= 15 is 0 Å². The minimum Gasteiger partial charge on any atom is -0.464 e. The van der Waals surface area contributed by atoms with Crippen LogP contribution in [0.2, 0.25) is 0 Å². The summed E-state index contributed by atoms with van der Waals surface area (Å²) in [6.45, 7) is 1.54. The summed E-state index contributed by atoms with van der Waals surface area (Å²) in [6.07, 6.45) is 1.03. The molecule has 0 saturated carbocycles. The monoisotopic (exact) mass is 451 g/mol. The SMILES string of the molecule is CCCCCCCCCCOC(=O)C1CCCN1C(=O)C(F)(F)C(F)(F)C(F)(F)F. The van der Waals surface area contributed by atoms with Crippen molar-refractivity contribution in [2.24, 2.45) is 0 Å². The molecule has 0 aromatic rings. The highest BCUT2D eigenvalue weighted by molar-refractivity contribution is 5.90. The summed E-state index contributed by atoms with van der Waals surface area (Å²) in [5.74, 6) is -16.4. The number of rotatable bonds is 12. The average Bonchev–Trinajstić information content (AvgIpc) is 3.14. The summed E-state index contributed by atoms with van der Waals surface area (Å²) >= 11 is 0. The number of carbonyl (C=O) groups excluding carboxylic acids is 2. The number of hydrogen-bond donors (Lipinski definition) is 0. The molecule has 11 heteroatoms. The Bertz CT molecular complexity index is 567. The van der Waals surface area contributed by atoms with Gasteiger partial charge in [0.25, 0.3) is 0 Å². The predicted molar refractivity (Wildman–Crippen MR) is 94.3 cm³/mol. The van der Waals surface area contributed by atoms with Crippen molar-refractivity contribution in [3.8, 4) is 0 Å². The van der Waals surface area contributed by atoms with Gasteiger partial charge in [-0.05, 0) is 19.3 Å². The summed E-state index contributed by atoms with van der Waals surface area (Å²) in [7, 11) is 0. The first-order valence-electron chi connectivity index (χ1n) is 10.2. The molecule has 0 aromatic heterocycles. The third-order valence-corrected chi connectivity index (χ3v) is 5.05. The lowest BCUT2D eigenvalue weighted by Crippen LogP contribution is -2.61. The maximum absolute atomic E-state index is 13.7. The fourth-order valence-electron chi connectivity index (χ4n) is 3.25. The number of alkyl halides is 7. The number of likely N-dealkylation sites (tertiary alicyclic amines) is 1. The van der Waals surface area contributed by atoms with Crippen molar-refractivity contribution in [3.05, 3.63) is 0 Å². The van der Waals surface area contributed by atoms with Crippen molar-refractivity contribution in [1.82, 2.24) is 4.90 Å². The van der Waals surface area contributed by atoms with Crippen LogP contribution in [0.5, 0.6) is 0 Å². The third kappa shape index (κ3) is 6.47. The normalized spacial score (nSPS) is 18.0. The zero-order valence-electron chi connectivity index (χ0n) is 16.9. The Morgan fingerprint density at radius 2 is 1.43 bits per heavy atom. The van der Waals surface area contributed by atoms with Gasteiger partial charge in [0.15, 0.2) is 0 Å². The van der Waals surface area contributed by atoms with E-state index in [4.69, 9.17) is 4.74 Å². The molecule has 0 aliphatic carbocycles. The minimum absolute atomic E-state index is 0.0108. The van der Waals surface area contributed by atoms with Crippen LogP contribution in [0.1, 0.15) is 71.1 Å². The molecule has 30 heavy (non-hydrogen) atoms. The average molecular weight is 451 g/mol. The zero-order chi connectivity index (χ0) is 23.0. The molecule has 1 unspecified atom stereocenters. The van der Waals surface area contributed by atoms with Gasteiger partial charge in [0.2, 0.25) is 0 Å². The van der Waals surface area contributed by atoms with Crippen LogP contribution >= 0.6 is 0 Å². The molecule has 0 aromatic carbocycles. The number of unbranched alkanes of at least 4 members (excludes halogenated alkanes) is 7. The molecule has 1 rings (SSSR count). The Morgan fingerprint density at radius 3 is 1.97 bits per heavy atom. The van der Waals surface area contributed by atoms with Crippen molar-refractivity contribution in [3.63, 3.8) is 0 Å².